The largest absolute Gasteiger partial charge is 0.476 e. The van der Waals surface area contributed by atoms with E-state index in [-0.39, 0.29) is 42.8 Å². The van der Waals surface area contributed by atoms with Gasteiger partial charge in [-0.3, -0.25) is 32.3 Å². The number of carboxylic acid groups (broad SMARTS) is 1. The third kappa shape index (κ3) is 23.3. The molecule has 0 aliphatic carbocycles. The van der Waals surface area contributed by atoms with Gasteiger partial charge in [-0.15, -0.1) is 22.7 Å². The highest BCUT2D eigenvalue weighted by atomic mass is 32.2. The van der Waals surface area contributed by atoms with Crippen molar-refractivity contribution in [3.63, 3.8) is 0 Å². The average Bonchev–Trinajstić information content (AvgIpc) is 1.70. The monoisotopic (exact) mass is 1740 g/mol. The highest BCUT2D eigenvalue weighted by molar-refractivity contribution is 7.85. The maximum atomic E-state index is 14.3. The van der Waals surface area contributed by atoms with Gasteiger partial charge in [0.15, 0.2) is 21.8 Å². The Morgan fingerprint density at radius 3 is 1.02 bits per heavy atom. The Bertz CT molecular complexity index is 5050. The number of hydrogen-bond acceptors (Lipinski definition) is 28. The van der Waals surface area contributed by atoms with Crippen LogP contribution in [0.15, 0.2) is 203 Å². The summed E-state index contributed by atoms with van der Waals surface area (Å²) in [6.45, 7) is 29.5. The van der Waals surface area contributed by atoms with E-state index in [9.17, 15) is 60.3 Å². The summed E-state index contributed by atoms with van der Waals surface area (Å²) in [6.07, 6.45) is -0.475. The summed E-state index contributed by atoms with van der Waals surface area (Å²) >= 11 is 2.44. The zero-order valence-corrected chi connectivity index (χ0v) is 74.5. The van der Waals surface area contributed by atoms with Gasteiger partial charge in [0.2, 0.25) is 28.7 Å². The van der Waals surface area contributed by atoms with Crippen molar-refractivity contribution < 1.29 is 97.3 Å². The highest BCUT2D eigenvalue weighted by Crippen LogP contribution is 2.44. The van der Waals surface area contributed by atoms with Gasteiger partial charge in [-0.25, -0.2) is 33.0 Å². The van der Waals surface area contributed by atoms with E-state index in [1.807, 2.05) is 182 Å². The number of ether oxygens (including phenoxy) is 4. The second-order valence-electron chi connectivity index (χ2n) is 32.8. The van der Waals surface area contributed by atoms with Gasteiger partial charge < -0.3 is 44.4 Å². The van der Waals surface area contributed by atoms with E-state index < -0.39 is 149 Å². The molecule has 2 saturated heterocycles. The average molecular weight is 1740 g/mol. The van der Waals surface area contributed by atoms with Crippen molar-refractivity contribution in [1.82, 2.24) is 18.6 Å². The summed E-state index contributed by atoms with van der Waals surface area (Å²) < 4.78 is 82.2. The molecule has 33 heteroatoms. The molecule has 2 amide bonds. The number of β-lactam (4-membered cyclic amide) rings is 2. The number of hydrogen-bond donors (Lipinski definition) is 3. The van der Waals surface area contributed by atoms with Gasteiger partial charge in [-0.2, -0.15) is 16.8 Å². The van der Waals surface area contributed by atoms with Crippen LogP contribution in [-0.2, 0) is 107 Å². The fourth-order valence-corrected chi connectivity index (χ4v) is 16.8. The van der Waals surface area contributed by atoms with Crippen LogP contribution in [0.2, 0.25) is 0 Å². The summed E-state index contributed by atoms with van der Waals surface area (Å²) in [5.41, 5.74) is -3.86. The summed E-state index contributed by atoms with van der Waals surface area (Å²) in [5.74, 6) is -7.46. The molecule has 0 radical (unpaired) electrons. The highest BCUT2D eigenvalue weighted by Gasteiger charge is 2.54. The zero-order chi connectivity index (χ0) is 89.5. The normalized spacial score (nSPS) is 16.3. The van der Waals surface area contributed by atoms with E-state index in [4.69, 9.17) is 42.0 Å². The van der Waals surface area contributed by atoms with Crippen LogP contribution >= 0.6 is 22.7 Å². The fourth-order valence-electron chi connectivity index (χ4n) is 12.3. The van der Waals surface area contributed by atoms with Crippen molar-refractivity contribution in [3.8, 4) is 0 Å². The molecular formula is C88H106N8O21S4. The van der Waals surface area contributed by atoms with Crippen LogP contribution in [0.3, 0.4) is 0 Å². The molecule has 121 heavy (non-hydrogen) atoms. The smallest absolute Gasteiger partial charge is 0.364 e. The minimum absolute atomic E-state index is 0.0870. The molecule has 6 aromatic carbocycles. The fraction of sp³-hybridized carbons (Fsp3) is 0.409. The van der Waals surface area contributed by atoms with Crippen molar-refractivity contribution in [1.29, 1.82) is 0 Å². The lowest BCUT2D eigenvalue weighted by Crippen LogP contribution is -2.62. The Morgan fingerprint density at radius 1 is 0.446 bits per heavy atom. The van der Waals surface area contributed by atoms with E-state index >= 15 is 0 Å². The number of aromatic nitrogens is 2. The number of carbonyl (C=O) groups excluding carboxylic acids is 7. The van der Waals surface area contributed by atoms with Gasteiger partial charge in [-0.05, 0) is 158 Å². The first-order chi connectivity index (χ1) is 56.6. The summed E-state index contributed by atoms with van der Waals surface area (Å²) in [6, 6.07) is 58.1. The SMILES string of the molecule is CC(C)(C)OC(=O)C(C)(C)O/N=C(\C(=O)O)c1csc(NC(c2ccccc2)(c2ccccc2)c2ccccc2)n1.CCOC(=O)C(C)(C)COS(=O)(=O)N1C(=O)[C@@H](C)[C@@H]1C.CCOC(=O)C(C)(C)COS(=O)(=O)N1C(=O)[C@@H](CC(=O)/C(=N\OC(C)(C)C(=O)OC(C)(C)C)c2csc(NC(c3ccccc3)(c3ccccc3)c3ccccc3)n2)[C@@H]1C. The Labute approximate surface area is 715 Å². The van der Waals surface area contributed by atoms with Gasteiger partial charge in [0.1, 0.15) is 33.7 Å². The minimum atomic E-state index is -4.64. The quantitative estimate of drug-likeness (QED) is 0.00842. The van der Waals surface area contributed by atoms with E-state index in [2.05, 4.69) is 25.9 Å². The lowest BCUT2D eigenvalue weighted by molar-refractivity contribution is -0.180. The molecular weight excluding hydrogens is 1630 g/mol. The maximum absolute atomic E-state index is 14.3. The number of carboxylic acids is 1. The molecule has 8 aromatic rings. The number of aliphatic carboxylic acids is 1. The van der Waals surface area contributed by atoms with E-state index in [1.165, 1.54) is 85.0 Å². The van der Waals surface area contributed by atoms with Crippen LogP contribution < -0.4 is 10.6 Å². The summed E-state index contributed by atoms with van der Waals surface area (Å²) in [4.78, 5) is 122. The van der Waals surface area contributed by atoms with Crippen molar-refractivity contribution >= 4 is 112 Å². The Morgan fingerprint density at radius 2 is 0.744 bits per heavy atom. The summed E-state index contributed by atoms with van der Waals surface area (Å²) in [5, 5.41) is 29.3. The van der Waals surface area contributed by atoms with E-state index in [0.717, 1.165) is 33.4 Å². The molecule has 4 atom stereocenters. The van der Waals surface area contributed by atoms with Crippen LogP contribution in [0, 0.1) is 22.7 Å². The number of esters is 4. The van der Waals surface area contributed by atoms with Gasteiger partial charge in [0.05, 0.1) is 61.2 Å². The number of Topliss-reactive ketones (excluding diaryl/α,β-unsaturated/α-hetero) is 1. The van der Waals surface area contributed by atoms with Gasteiger partial charge >= 0.3 is 50.5 Å². The lowest BCUT2D eigenvalue weighted by atomic mass is 9.77. The third-order valence-electron chi connectivity index (χ3n) is 19.2. The molecule has 2 aromatic heterocycles. The number of amides is 2. The minimum Gasteiger partial charge on any atom is -0.476 e. The first-order valence-corrected chi connectivity index (χ1v) is 43.4. The number of rotatable bonds is 34. The van der Waals surface area contributed by atoms with Crippen LogP contribution in [0.5, 0.6) is 0 Å². The number of nitrogens with one attached hydrogen (secondary N) is 2. The molecule has 648 valence electrons. The first-order valence-electron chi connectivity index (χ1n) is 39.0. The van der Waals surface area contributed by atoms with Gasteiger partial charge in [-0.1, -0.05) is 199 Å². The zero-order valence-electron chi connectivity index (χ0n) is 71.2. The Kier molecular flexibility index (Phi) is 30.9. The van der Waals surface area contributed by atoms with Crippen molar-refractivity contribution in [2.24, 2.45) is 33.0 Å². The second kappa shape index (κ2) is 39.2. The molecule has 3 N–H and O–H groups in total. The molecule has 0 bridgehead atoms. The number of benzene rings is 6. The molecule has 2 fully saturated rings. The number of ketones is 1. The molecule has 0 spiro atoms. The summed E-state index contributed by atoms with van der Waals surface area (Å²) in [7, 11) is -8.80. The molecule has 4 heterocycles. The van der Waals surface area contributed by atoms with Crippen molar-refractivity contribution in [3.05, 3.63) is 238 Å². The van der Waals surface area contributed by atoms with E-state index in [1.54, 1.807) is 80.0 Å². The van der Waals surface area contributed by atoms with Gasteiger partial charge in [0, 0.05) is 17.2 Å². The number of thiazole rings is 2. The predicted octanol–water partition coefficient (Wildman–Crippen LogP) is 14.2. The van der Waals surface area contributed by atoms with Crippen molar-refractivity contribution in [2.45, 2.75) is 184 Å². The Hall–Kier alpha value is -11.1. The van der Waals surface area contributed by atoms with Crippen LogP contribution in [0.4, 0.5) is 10.3 Å². The van der Waals surface area contributed by atoms with Gasteiger partial charge in [0.25, 0.3) is 0 Å². The van der Waals surface area contributed by atoms with Crippen LogP contribution in [0.25, 0.3) is 0 Å². The molecule has 0 saturated carbocycles. The standard InChI is InChI=1S/C44H52N4O10S2.C32H33N3O5S.C12H21NO6S/c1-10-55-38(51)42(6,7)28-56-60(53,54)48-29(2)33(37(48)50)26-35(49)36(47-58-43(8,9)39(52)57-41(3,4)5)34-27-59-40(45-34)46-44(30-20-14-11-15-21-30,31-22-16-12-17-23-31)32-24-18-13-19-25-32;1-30(2,3)39-28(38)31(4,5)40-35-26(27(36)37)25-21-41-29(33-25)34-32(22-15-9-6-10-16-22,23-17-11-7-12-18-23)24-19-13-8-14-20-24;1-6-18-11(15)12(4,5)7-19-20(16,17)13-9(3)8(2)10(13)14/h11-25,27,29,33H,10,26,28H2,1-9H3,(H,45,46);6-21H,1-5H3,(H,33,34)(H,36,37);8-9H,6-7H2,1-5H3/b47-36-;35-26-;/t29-,33-;;8-,9-/m0.0/s1. The number of anilines is 2. The number of carbonyl (C=O) groups is 8. The molecule has 2 aliphatic rings. The van der Waals surface area contributed by atoms with Crippen LogP contribution in [-0.4, -0.2) is 160 Å². The molecule has 29 nitrogen and oxygen atoms in total. The molecule has 10 rings (SSSR count). The predicted molar refractivity (Wildman–Crippen MR) is 458 cm³/mol. The van der Waals surface area contributed by atoms with E-state index in [0.29, 0.717) is 18.9 Å². The Balaban J connectivity index is 0.000000256. The lowest BCUT2D eigenvalue weighted by Gasteiger charge is -2.43. The molecule has 0 unspecified atom stereocenters. The number of nitrogens with zero attached hydrogens (tertiary/aromatic N) is 6. The first kappa shape index (κ1) is 95.4. The molecule has 2 aliphatic heterocycles. The topological polar surface area (TPSA) is 380 Å². The van der Waals surface area contributed by atoms with Crippen LogP contribution in [0.1, 0.15) is 183 Å². The number of oxime groups is 2. The third-order valence-corrected chi connectivity index (χ3v) is 23.5. The second-order valence-corrected chi connectivity index (χ2v) is 37.5. The van der Waals surface area contributed by atoms with Crippen molar-refractivity contribution in [2.75, 3.05) is 37.1 Å². The maximum Gasteiger partial charge on any atom is 0.364 e.